The van der Waals surface area contributed by atoms with E-state index in [-0.39, 0.29) is 0 Å². The number of nitrogens with zero attached hydrogens (tertiary/aromatic N) is 4. The molecule has 1 heterocycles. The lowest BCUT2D eigenvalue weighted by atomic mass is 9.94. The highest BCUT2D eigenvalue weighted by molar-refractivity contribution is 5.98. The molecular weight excluding hydrogens is 512 g/mol. The zero-order chi connectivity index (χ0) is 28.3. The summed E-state index contributed by atoms with van der Waals surface area (Å²) in [6.07, 6.45) is 0. The molecule has 0 spiro atoms. The number of fused-ring (bicyclic) bond motifs is 1. The monoisotopic (exact) mass is 536 g/mol. The maximum absolute atomic E-state index is 9.35. The van der Waals surface area contributed by atoms with Crippen molar-refractivity contribution in [3.63, 3.8) is 0 Å². The first-order valence-corrected chi connectivity index (χ1v) is 13.8. The van der Waals surface area contributed by atoms with Crippen LogP contribution in [0.15, 0.2) is 146 Å². The topological polar surface area (TPSA) is 62.5 Å². The van der Waals surface area contributed by atoms with Gasteiger partial charge in [0.15, 0.2) is 17.5 Å². The third kappa shape index (κ3) is 4.92. The molecule has 7 rings (SSSR count). The third-order valence-corrected chi connectivity index (χ3v) is 7.36. The molecule has 6 aromatic carbocycles. The van der Waals surface area contributed by atoms with Gasteiger partial charge < -0.3 is 0 Å². The average molecular weight is 537 g/mol. The summed E-state index contributed by atoms with van der Waals surface area (Å²) in [5.41, 5.74) is 7.88. The van der Waals surface area contributed by atoms with E-state index in [1.54, 1.807) is 0 Å². The Morgan fingerprint density at radius 1 is 0.405 bits per heavy atom. The number of rotatable bonds is 5. The number of nitriles is 1. The molecule has 0 amide bonds. The van der Waals surface area contributed by atoms with E-state index in [1.807, 2.05) is 78.9 Å². The molecule has 0 aliphatic heterocycles. The Morgan fingerprint density at radius 3 is 1.55 bits per heavy atom. The quantitative estimate of drug-likeness (QED) is 0.220. The fraction of sp³-hybridized carbons (Fsp3) is 0. The van der Waals surface area contributed by atoms with E-state index in [0.717, 1.165) is 49.7 Å². The van der Waals surface area contributed by atoms with Crippen LogP contribution < -0.4 is 0 Å². The summed E-state index contributed by atoms with van der Waals surface area (Å²) >= 11 is 0. The molecule has 0 bridgehead atoms. The second kappa shape index (κ2) is 10.9. The largest absolute Gasteiger partial charge is 0.208 e. The number of benzene rings is 6. The minimum absolute atomic E-state index is 0.636. The highest BCUT2D eigenvalue weighted by atomic mass is 15.0. The van der Waals surface area contributed by atoms with E-state index in [1.165, 1.54) is 0 Å². The van der Waals surface area contributed by atoms with Gasteiger partial charge in [0, 0.05) is 16.7 Å². The van der Waals surface area contributed by atoms with Gasteiger partial charge in [0.25, 0.3) is 0 Å². The van der Waals surface area contributed by atoms with Crippen LogP contribution in [0.3, 0.4) is 0 Å². The van der Waals surface area contributed by atoms with Crippen molar-refractivity contribution in [3.05, 3.63) is 151 Å². The Balaban J connectivity index is 1.25. The van der Waals surface area contributed by atoms with Crippen molar-refractivity contribution in [3.8, 4) is 62.5 Å². The van der Waals surface area contributed by atoms with Gasteiger partial charge in [-0.1, -0.05) is 127 Å². The van der Waals surface area contributed by atoms with Gasteiger partial charge in [0.05, 0.1) is 11.6 Å². The number of hydrogen-bond acceptors (Lipinski definition) is 4. The molecule has 0 radical (unpaired) electrons. The summed E-state index contributed by atoms with van der Waals surface area (Å²) in [5.74, 6) is 1.93. The van der Waals surface area contributed by atoms with Crippen LogP contribution in [-0.2, 0) is 0 Å². The van der Waals surface area contributed by atoms with Crippen LogP contribution in [0.4, 0.5) is 0 Å². The smallest absolute Gasteiger partial charge is 0.164 e. The second-order valence-electron chi connectivity index (χ2n) is 10.0. The van der Waals surface area contributed by atoms with E-state index in [4.69, 9.17) is 15.0 Å². The first kappa shape index (κ1) is 25.1. The predicted molar refractivity (Wildman–Crippen MR) is 169 cm³/mol. The summed E-state index contributed by atoms with van der Waals surface area (Å²) in [6.45, 7) is 0. The number of hydrogen-bond donors (Lipinski definition) is 0. The molecule has 0 fully saturated rings. The molecule has 42 heavy (non-hydrogen) atoms. The standard InChI is InChI=1S/C38H24N4/c39-25-26-9-7-14-32(23-26)34-16-8-15-33-24-31(21-22-35(33)34)27-17-19-30(20-18-27)38-41-36(28-10-3-1-4-11-28)40-37(42-38)29-12-5-2-6-13-29/h1-24H. The minimum atomic E-state index is 0.636. The molecular formula is C38H24N4. The lowest BCUT2D eigenvalue weighted by Gasteiger charge is -2.11. The van der Waals surface area contributed by atoms with Crippen LogP contribution in [0, 0.1) is 11.3 Å². The summed E-state index contributed by atoms with van der Waals surface area (Å²) in [7, 11) is 0. The Morgan fingerprint density at radius 2 is 0.929 bits per heavy atom. The van der Waals surface area contributed by atoms with Gasteiger partial charge >= 0.3 is 0 Å². The molecule has 1 aromatic heterocycles. The van der Waals surface area contributed by atoms with Crippen molar-refractivity contribution in [2.45, 2.75) is 0 Å². The van der Waals surface area contributed by atoms with Crippen molar-refractivity contribution in [1.82, 2.24) is 15.0 Å². The molecule has 196 valence electrons. The van der Waals surface area contributed by atoms with Gasteiger partial charge in [0.1, 0.15) is 0 Å². The van der Waals surface area contributed by atoms with Gasteiger partial charge in [-0.3, -0.25) is 0 Å². The van der Waals surface area contributed by atoms with Crippen molar-refractivity contribution >= 4 is 10.8 Å². The van der Waals surface area contributed by atoms with Crippen LogP contribution in [0.2, 0.25) is 0 Å². The number of aromatic nitrogens is 3. The average Bonchev–Trinajstić information content (AvgIpc) is 3.08. The molecule has 4 heteroatoms. The third-order valence-electron chi connectivity index (χ3n) is 7.36. The molecule has 0 aliphatic carbocycles. The van der Waals surface area contributed by atoms with E-state index >= 15 is 0 Å². The van der Waals surface area contributed by atoms with E-state index < -0.39 is 0 Å². The Kier molecular flexibility index (Phi) is 6.52. The molecule has 0 atom stereocenters. The highest BCUT2D eigenvalue weighted by Gasteiger charge is 2.13. The zero-order valence-electron chi connectivity index (χ0n) is 22.6. The van der Waals surface area contributed by atoms with Crippen LogP contribution in [-0.4, -0.2) is 15.0 Å². The van der Waals surface area contributed by atoms with Crippen molar-refractivity contribution in [2.75, 3.05) is 0 Å². The summed E-state index contributed by atoms with van der Waals surface area (Å²) < 4.78 is 0. The molecule has 0 N–H and O–H groups in total. The predicted octanol–water partition coefficient (Wildman–Crippen LogP) is 9.23. The van der Waals surface area contributed by atoms with Crippen LogP contribution >= 0.6 is 0 Å². The van der Waals surface area contributed by atoms with Crippen LogP contribution in [0.25, 0.3) is 67.2 Å². The normalized spacial score (nSPS) is 10.8. The van der Waals surface area contributed by atoms with E-state index in [0.29, 0.717) is 23.0 Å². The minimum Gasteiger partial charge on any atom is -0.208 e. The van der Waals surface area contributed by atoms with Gasteiger partial charge in [-0.15, -0.1) is 0 Å². The van der Waals surface area contributed by atoms with Crippen LogP contribution in [0.1, 0.15) is 5.56 Å². The highest BCUT2D eigenvalue weighted by Crippen LogP contribution is 2.33. The lowest BCUT2D eigenvalue weighted by Crippen LogP contribution is -2.00. The fourth-order valence-corrected chi connectivity index (χ4v) is 5.22. The fourth-order valence-electron chi connectivity index (χ4n) is 5.22. The van der Waals surface area contributed by atoms with Gasteiger partial charge in [0.2, 0.25) is 0 Å². The molecule has 0 aliphatic rings. The molecule has 4 nitrogen and oxygen atoms in total. The first-order chi connectivity index (χ1) is 20.7. The Bertz CT molecular complexity index is 2020. The zero-order valence-corrected chi connectivity index (χ0v) is 22.6. The Labute approximate surface area is 244 Å². The maximum atomic E-state index is 9.35. The Hall–Kier alpha value is -5.92. The SMILES string of the molecule is N#Cc1cccc(-c2cccc3cc(-c4ccc(-c5nc(-c6ccccc6)nc(-c6ccccc6)n5)cc4)ccc23)c1. The molecule has 0 unspecified atom stereocenters. The molecule has 0 saturated carbocycles. The van der Waals surface area contributed by atoms with Crippen LogP contribution in [0.5, 0.6) is 0 Å². The van der Waals surface area contributed by atoms with E-state index in [2.05, 4.69) is 72.8 Å². The lowest BCUT2D eigenvalue weighted by molar-refractivity contribution is 1.07. The van der Waals surface area contributed by atoms with Gasteiger partial charge in [-0.05, 0) is 51.2 Å². The summed E-state index contributed by atoms with van der Waals surface area (Å²) in [6, 6.07) is 51.2. The van der Waals surface area contributed by atoms with Crippen molar-refractivity contribution < 1.29 is 0 Å². The van der Waals surface area contributed by atoms with Crippen molar-refractivity contribution in [2.24, 2.45) is 0 Å². The summed E-state index contributed by atoms with van der Waals surface area (Å²) in [5, 5.41) is 11.6. The van der Waals surface area contributed by atoms with Crippen molar-refractivity contribution in [1.29, 1.82) is 5.26 Å². The maximum Gasteiger partial charge on any atom is 0.164 e. The van der Waals surface area contributed by atoms with Gasteiger partial charge in [-0.25, -0.2) is 15.0 Å². The summed E-state index contributed by atoms with van der Waals surface area (Å²) in [4.78, 5) is 14.5. The van der Waals surface area contributed by atoms with E-state index in [9.17, 15) is 5.26 Å². The molecule has 0 saturated heterocycles. The second-order valence-corrected chi connectivity index (χ2v) is 10.0. The van der Waals surface area contributed by atoms with Gasteiger partial charge in [-0.2, -0.15) is 5.26 Å². The molecule has 7 aromatic rings. The first-order valence-electron chi connectivity index (χ1n) is 13.8.